The minimum Gasteiger partial charge on any atom is -0.497 e. The number of halogens is 1. The lowest BCUT2D eigenvalue weighted by Crippen LogP contribution is -2.39. The number of carbonyl (C=O) groups excluding carboxylic acids is 1. The zero-order chi connectivity index (χ0) is 23.5. The number of anilines is 1. The molecule has 1 fully saturated rings. The highest BCUT2D eigenvalue weighted by Crippen LogP contribution is 2.39. The van der Waals surface area contributed by atoms with Gasteiger partial charge in [0.05, 0.1) is 12.7 Å². The summed E-state index contributed by atoms with van der Waals surface area (Å²) in [5.74, 6) is 2.99. The van der Waals surface area contributed by atoms with E-state index in [1.807, 2.05) is 47.4 Å². The van der Waals surface area contributed by atoms with E-state index in [-0.39, 0.29) is 6.03 Å². The van der Waals surface area contributed by atoms with Crippen LogP contribution in [0.15, 0.2) is 71.7 Å². The number of carbonyl (C=O) groups is 1. The van der Waals surface area contributed by atoms with E-state index in [1.54, 1.807) is 31.4 Å². The molecule has 2 heterocycles. The van der Waals surface area contributed by atoms with E-state index in [0.29, 0.717) is 30.4 Å². The summed E-state index contributed by atoms with van der Waals surface area (Å²) >= 11 is 5.95. The molecule has 0 atom stereocenters. The van der Waals surface area contributed by atoms with Gasteiger partial charge in [0, 0.05) is 36.9 Å². The van der Waals surface area contributed by atoms with Crippen LogP contribution in [0.5, 0.6) is 17.2 Å². The number of amides is 2. The fourth-order valence-electron chi connectivity index (χ4n) is 4.14. The second-order valence-electron chi connectivity index (χ2n) is 8.13. The SMILES string of the molecule is COc1ccc2c(c1)C(N1CCCN(C(=O)Nc3ccc(Cl)cc3)CC1)=Nc1ccccc1O2. The van der Waals surface area contributed by atoms with Crippen molar-refractivity contribution in [3.63, 3.8) is 0 Å². The quantitative estimate of drug-likeness (QED) is 0.509. The van der Waals surface area contributed by atoms with Crippen molar-refractivity contribution in [1.29, 1.82) is 0 Å². The van der Waals surface area contributed by atoms with E-state index in [1.165, 1.54) is 0 Å². The summed E-state index contributed by atoms with van der Waals surface area (Å²) in [5.41, 5.74) is 2.36. The van der Waals surface area contributed by atoms with Gasteiger partial charge in [-0.1, -0.05) is 23.7 Å². The molecule has 0 bridgehead atoms. The highest BCUT2D eigenvalue weighted by Gasteiger charge is 2.26. The minimum absolute atomic E-state index is 0.122. The third-order valence-electron chi connectivity index (χ3n) is 5.92. The molecule has 8 heteroatoms. The standard InChI is InChI=1S/C26H25ClN4O3/c1-33-20-11-12-23-21(17-20)25(29-22-5-2-3-6-24(22)34-23)30-13-4-14-31(16-15-30)26(32)28-19-9-7-18(27)8-10-19/h2-3,5-12,17H,4,13-16H2,1H3,(H,28,32). The summed E-state index contributed by atoms with van der Waals surface area (Å²) in [6.45, 7) is 2.63. The number of aliphatic imine (C=N–C) groups is 1. The van der Waals surface area contributed by atoms with Gasteiger partial charge in [-0.3, -0.25) is 0 Å². The Morgan fingerprint density at radius 1 is 1.00 bits per heavy atom. The molecule has 0 radical (unpaired) electrons. The number of para-hydroxylation sites is 2. The first-order valence-electron chi connectivity index (χ1n) is 11.2. The van der Waals surface area contributed by atoms with Crippen molar-refractivity contribution in [2.24, 2.45) is 4.99 Å². The molecule has 2 aliphatic rings. The predicted octanol–water partition coefficient (Wildman–Crippen LogP) is 5.77. The number of hydrogen-bond donors (Lipinski definition) is 1. The summed E-state index contributed by atoms with van der Waals surface area (Å²) in [4.78, 5) is 21.9. The Morgan fingerprint density at radius 3 is 2.65 bits per heavy atom. The highest BCUT2D eigenvalue weighted by molar-refractivity contribution is 6.30. The molecule has 3 aromatic rings. The van der Waals surface area contributed by atoms with E-state index in [4.69, 9.17) is 26.1 Å². The van der Waals surface area contributed by atoms with E-state index >= 15 is 0 Å². The van der Waals surface area contributed by atoms with Crippen LogP contribution in [0.2, 0.25) is 5.02 Å². The number of methoxy groups -OCH3 is 1. The molecule has 1 N–H and O–H groups in total. The maximum atomic E-state index is 12.9. The van der Waals surface area contributed by atoms with Crippen LogP contribution < -0.4 is 14.8 Å². The zero-order valence-electron chi connectivity index (χ0n) is 18.8. The van der Waals surface area contributed by atoms with Gasteiger partial charge in [-0.25, -0.2) is 9.79 Å². The van der Waals surface area contributed by atoms with E-state index in [0.717, 1.165) is 47.2 Å². The molecule has 1 saturated heterocycles. The maximum Gasteiger partial charge on any atom is 0.321 e. The molecule has 0 saturated carbocycles. The van der Waals surface area contributed by atoms with Crippen molar-refractivity contribution in [2.75, 3.05) is 38.6 Å². The molecule has 0 unspecified atom stereocenters. The Morgan fingerprint density at radius 2 is 1.82 bits per heavy atom. The van der Waals surface area contributed by atoms with Crippen LogP contribution in [-0.2, 0) is 0 Å². The number of fused-ring (bicyclic) bond motifs is 2. The molecule has 5 rings (SSSR count). The van der Waals surface area contributed by atoms with Crippen molar-refractivity contribution in [2.45, 2.75) is 6.42 Å². The second-order valence-corrected chi connectivity index (χ2v) is 8.57. The number of nitrogens with one attached hydrogen (secondary N) is 1. The molecule has 0 spiro atoms. The fourth-order valence-corrected chi connectivity index (χ4v) is 4.26. The lowest BCUT2D eigenvalue weighted by molar-refractivity contribution is 0.214. The van der Waals surface area contributed by atoms with Gasteiger partial charge in [0.25, 0.3) is 0 Å². The van der Waals surface area contributed by atoms with Crippen molar-refractivity contribution < 1.29 is 14.3 Å². The Hall–Kier alpha value is -3.71. The molecule has 2 aliphatic heterocycles. The molecule has 0 aromatic heterocycles. The van der Waals surface area contributed by atoms with Gasteiger partial charge in [0.15, 0.2) is 5.75 Å². The molecular weight excluding hydrogens is 452 g/mol. The summed E-state index contributed by atoms with van der Waals surface area (Å²) < 4.78 is 11.7. The van der Waals surface area contributed by atoms with Crippen LogP contribution in [0, 0.1) is 0 Å². The first-order chi connectivity index (χ1) is 16.6. The largest absolute Gasteiger partial charge is 0.497 e. The van der Waals surface area contributed by atoms with Crippen LogP contribution in [0.4, 0.5) is 16.2 Å². The van der Waals surface area contributed by atoms with Crippen LogP contribution in [0.1, 0.15) is 12.0 Å². The van der Waals surface area contributed by atoms with E-state index in [2.05, 4.69) is 10.2 Å². The lowest BCUT2D eigenvalue weighted by Gasteiger charge is -2.25. The van der Waals surface area contributed by atoms with Crippen molar-refractivity contribution >= 4 is 34.8 Å². The van der Waals surface area contributed by atoms with Crippen LogP contribution >= 0.6 is 11.6 Å². The van der Waals surface area contributed by atoms with Gasteiger partial charge in [-0.2, -0.15) is 0 Å². The zero-order valence-corrected chi connectivity index (χ0v) is 19.6. The Labute approximate surface area is 203 Å². The third kappa shape index (κ3) is 4.65. The lowest BCUT2D eigenvalue weighted by atomic mass is 10.1. The molecule has 3 aromatic carbocycles. The number of ether oxygens (including phenoxy) is 2. The second kappa shape index (κ2) is 9.65. The normalized spacial score (nSPS) is 15.2. The molecule has 7 nitrogen and oxygen atoms in total. The minimum atomic E-state index is -0.122. The summed E-state index contributed by atoms with van der Waals surface area (Å²) in [5, 5.41) is 3.59. The van der Waals surface area contributed by atoms with Gasteiger partial charge < -0.3 is 24.6 Å². The number of urea groups is 1. The number of nitrogens with zero attached hydrogens (tertiary/aromatic N) is 3. The average molecular weight is 477 g/mol. The highest BCUT2D eigenvalue weighted by atomic mass is 35.5. The topological polar surface area (TPSA) is 66.4 Å². The van der Waals surface area contributed by atoms with Crippen molar-refractivity contribution in [3.8, 4) is 17.2 Å². The van der Waals surface area contributed by atoms with Crippen molar-refractivity contribution in [3.05, 3.63) is 77.3 Å². The van der Waals surface area contributed by atoms with Crippen LogP contribution in [0.25, 0.3) is 0 Å². The smallest absolute Gasteiger partial charge is 0.321 e. The Kier molecular flexibility index (Phi) is 6.27. The van der Waals surface area contributed by atoms with E-state index in [9.17, 15) is 4.79 Å². The number of rotatable bonds is 2. The molecule has 2 amide bonds. The molecule has 34 heavy (non-hydrogen) atoms. The Balaban J connectivity index is 1.39. The number of amidine groups is 1. The predicted molar refractivity (Wildman–Crippen MR) is 134 cm³/mol. The number of benzene rings is 3. The molecule has 174 valence electrons. The van der Waals surface area contributed by atoms with Gasteiger partial charge in [0.2, 0.25) is 0 Å². The fraction of sp³-hybridized carbons (Fsp3) is 0.231. The van der Waals surface area contributed by atoms with Crippen LogP contribution in [-0.4, -0.2) is 55.0 Å². The van der Waals surface area contributed by atoms with Gasteiger partial charge in [-0.15, -0.1) is 0 Å². The first-order valence-corrected chi connectivity index (χ1v) is 11.6. The van der Waals surface area contributed by atoms with Crippen molar-refractivity contribution in [1.82, 2.24) is 9.80 Å². The van der Waals surface area contributed by atoms with Gasteiger partial charge in [0.1, 0.15) is 23.0 Å². The molecular formula is C26H25ClN4O3. The van der Waals surface area contributed by atoms with Gasteiger partial charge >= 0.3 is 6.03 Å². The summed E-state index contributed by atoms with van der Waals surface area (Å²) in [6, 6.07) is 20.5. The molecule has 0 aliphatic carbocycles. The monoisotopic (exact) mass is 476 g/mol. The van der Waals surface area contributed by atoms with Gasteiger partial charge in [-0.05, 0) is 61.0 Å². The van der Waals surface area contributed by atoms with Crippen LogP contribution in [0.3, 0.4) is 0 Å². The summed E-state index contributed by atoms with van der Waals surface area (Å²) in [7, 11) is 1.65. The van der Waals surface area contributed by atoms with E-state index < -0.39 is 0 Å². The average Bonchev–Trinajstić information content (AvgIpc) is 3.20. The first kappa shape index (κ1) is 22.1. The maximum absolute atomic E-state index is 12.9. The Bertz CT molecular complexity index is 1230. The summed E-state index contributed by atoms with van der Waals surface area (Å²) in [6.07, 6.45) is 0.814. The third-order valence-corrected chi connectivity index (χ3v) is 6.17. The number of hydrogen-bond acceptors (Lipinski definition) is 5.